The molecule has 0 radical (unpaired) electrons. The summed E-state index contributed by atoms with van der Waals surface area (Å²) >= 11 is 0. The van der Waals surface area contributed by atoms with Gasteiger partial charge in [0, 0.05) is 12.4 Å². The minimum absolute atomic E-state index is 0.186. The molecule has 0 amide bonds. The lowest BCUT2D eigenvalue weighted by molar-refractivity contribution is 0.378. The zero-order valence-electron chi connectivity index (χ0n) is 8.88. The molecule has 0 aromatic carbocycles. The van der Waals surface area contributed by atoms with Crippen molar-refractivity contribution >= 4 is 5.95 Å². The highest BCUT2D eigenvalue weighted by molar-refractivity contribution is 5.29. The van der Waals surface area contributed by atoms with E-state index < -0.39 is 0 Å². The lowest BCUT2D eigenvalue weighted by Gasteiger charge is -2.06. The van der Waals surface area contributed by atoms with Crippen molar-refractivity contribution in [2.24, 2.45) is 5.84 Å². The number of imidazole rings is 1. The fraction of sp³-hybridized carbons (Fsp3) is 0.250. The summed E-state index contributed by atoms with van der Waals surface area (Å²) in [7, 11) is 1.47. The number of hydrogen-bond donors (Lipinski definition) is 2. The van der Waals surface area contributed by atoms with Gasteiger partial charge in [0.2, 0.25) is 11.9 Å². The number of methoxy groups -OCH3 is 1. The smallest absolute Gasteiger partial charge is 0.322 e. The minimum atomic E-state index is 0.186. The number of nitrogens with one attached hydrogen (secondary N) is 1. The van der Waals surface area contributed by atoms with Gasteiger partial charge < -0.3 is 4.74 Å². The van der Waals surface area contributed by atoms with E-state index >= 15 is 0 Å². The molecular formula is C8H11N7O. The summed E-state index contributed by atoms with van der Waals surface area (Å²) < 4.78 is 6.64. The number of nitrogens with two attached hydrogens (primary N) is 1. The lowest BCUT2D eigenvalue weighted by Crippen LogP contribution is -2.14. The van der Waals surface area contributed by atoms with Crippen LogP contribution in [0.15, 0.2) is 12.4 Å². The second kappa shape index (κ2) is 4.11. The van der Waals surface area contributed by atoms with Crippen molar-refractivity contribution in [3.8, 4) is 12.0 Å². The predicted molar refractivity (Wildman–Crippen MR) is 56.0 cm³/mol. The Labute approximate surface area is 91.5 Å². The van der Waals surface area contributed by atoms with Crippen LogP contribution in [0, 0.1) is 6.92 Å². The summed E-state index contributed by atoms with van der Waals surface area (Å²) in [5.41, 5.74) is 2.35. The number of aromatic nitrogens is 5. The van der Waals surface area contributed by atoms with Crippen LogP contribution in [0.5, 0.6) is 6.01 Å². The van der Waals surface area contributed by atoms with Gasteiger partial charge in [0.05, 0.1) is 7.11 Å². The average Bonchev–Trinajstić information content (AvgIpc) is 2.74. The third-order valence-electron chi connectivity index (χ3n) is 1.96. The monoisotopic (exact) mass is 221 g/mol. The Balaban J connectivity index is 2.52. The van der Waals surface area contributed by atoms with Crippen molar-refractivity contribution in [1.29, 1.82) is 0 Å². The molecule has 8 heteroatoms. The molecule has 0 unspecified atom stereocenters. The van der Waals surface area contributed by atoms with Gasteiger partial charge in [-0.05, 0) is 6.92 Å². The molecule has 2 rings (SSSR count). The maximum Gasteiger partial charge on any atom is 0.322 e. The molecule has 2 aromatic heterocycles. The Hall–Kier alpha value is -2.22. The van der Waals surface area contributed by atoms with Crippen LogP contribution >= 0.6 is 0 Å². The minimum Gasteiger partial charge on any atom is -0.467 e. The van der Waals surface area contributed by atoms with Gasteiger partial charge in [-0.3, -0.25) is 9.99 Å². The number of anilines is 1. The number of nitrogens with zero attached hydrogens (tertiary/aromatic N) is 5. The Bertz CT molecular complexity index is 473. The Morgan fingerprint density at radius 1 is 1.38 bits per heavy atom. The van der Waals surface area contributed by atoms with Crippen LogP contribution < -0.4 is 16.0 Å². The van der Waals surface area contributed by atoms with E-state index in [1.165, 1.54) is 7.11 Å². The molecule has 2 aromatic rings. The van der Waals surface area contributed by atoms with Gasteiger partial charge in [-0.1, -0.05) is 0 Å². The van der Waals surface area contributed by atoms with Gasteiger partial charge in [0.1, 0.15) is 5.82 Å². The quantitative estimate of drug-likeness (QED) is 0.539. The van der Waals surface area contributed by atoms with Crippen LogP contribution in [0.3, 0.4) is 0 Å². The molecule has 0 atom stereocenters. The van der Waals surface area contributed by atoms with Gasteiger partial charge in [0.25, 0.3) is 0 Å². The number of nitrogen functional groups attached to an aromatic ring is 1. The van der Waals surface area contributed by atoms with E-state index in [1.807, 2.05) is 6.92 Å². The Morgan fingerprint density at radius 3 is 2.75 bits per heavy atom. The van der Waals surface area contributed by atoms with Crippen LogP contribution in [-0.4, -0.2) is 31.6 Å². The molecule has 0 aliphatic carbocycles. The molecule has 0 saturated heterocycles. The topological polar surface area (TPSA) is 104 Å². The van der Waals surface area contributed by atoms with Crippen LogP contribution in [0.2, 0.25) is 0 Å². The number of hydrogen-bond acceptors (Lipinski definition) is 7. The van der Waals surface area contributed by atoms with Gasteiger partial charge in [0.15, 0.2) is 0 Å². The highest BCUT2D eigenvalue weighted by Crippen LogP contribution is 2.11. The van der Waals surface area contributed by atoms with E-state index in [0.717, 1.165) is 5.82 Å². The van der Waals surface area contributed by atoms with Crippen LogP contribution in [0.4, 0.5) is 5.95 Å². The van der Waals surface area contributed by atoms with E-state index in [4.69, 9.17) is 10.6 Å². The molecular weight excluding hydrogens is 210 g/mol. The fourth-order valence-electron chi connectivity index (χ4n) is 1.20. The molecule has 8 nitrogen and oxygen atoms in total. The molecule has 16 heavy (non-hydrogen) atoms. The van der Waals surface area contributed by atoms with E-state index in [-0.39, 0.29) is 12.0 Å². The average molecular weight is 221 g/mol. The zero-order valence-corrected chi connectivity index (χ0v) is 8.88. The summed E-state index contributed by atoms with van der Waals surface area (Å²) in [5, 5.41) is 0. The molecule has 0 saturated carbocycles. The molecule has 0 aliphatic heterocycles. The SMILES string of the molecule is COc1nc(NN)nc(-n2ccnc2C)n1. The van der Waals surface area contributed by atoms with E-state index in [9.17, 15) is 0 Å². The first-order chi connectivity index (χ1) is 7.74. The zero-order chi connectivity index (χ0) is 11.5. The molecule has 84 valence electrons. The van der Waals surface area contributed by atoms with Gasteiger partial charge >= 0.3 is 6.01 Å². The van der Waals surface area contributed by atoms with Crippen LogP contribution in [-0.2, 0) is 0 Å². The Morgan fingerprint density at radius 2 is 2.19 bits per heavy atom. The van der Waals surface area contributed by atoms with Gasteiger partial charge in [-0.25, -0.2) is 10.8 Å². The van der Waals surface area contributed by atoms with Gasteiger partial charge in [-0.2, -0.15) is 15.0 Å². The highest BCUT2D eigenvalue weighted by atomic mass is 16.5. The summed E-state index contributed by atoms with van der Waals surface area (Å²) in [6, 6.07) is 0.186. The third-order valence-corrected chi connectivity index (χ3v) is 1.96. The maximum atomic E-state index is 5.25. The first-order valence-electron chi connectivity index (χ1n) is 4.51. The molecule has 2 heterocycles. The van der Waals surface area contributed by atoms with Crippen molar-refractivity contribution < 1.29 is 4.74 Å². The first kappa shape index (κ1) is 10.3. The number of aryl methyl sites for hydroxylation is 1. The van der Waals surface area contributed by atoms with Crippen LogP contribution in [0.25, 0.3) is 5.95 Å². The molecule has 0 fully saturated rings. The largest absolute Gasteiger partial charge is 0.467 e. The Kier molecular flexibility index (Phi) is 2.64. The van der Waals surface area contributed by atoms with Crippen molar-refractivity contribution in [3.05, 3.63) is 18.2 Å². The van der Waals surface area contributed by atoms with Crippen molar-refractivity contribution in [1.82, 2.24) is 24.5 Å². The molecule has 0 spiro atoms. The molecule has 3 N–H and O–H groups in total. The fourth-order valence-corrected chi connectivity index (χ4v) is 1.20. The van der Waals surface area contributed by atoms with Crippen molar-refractivity contribution in [3.63, 3.8) is 0 Å². The summed E-state index contributed by atoms with van der Waals surface area (Å²) in [6.07, 6.45) is 3.39. The maximum absolute atomic E-state index is 5.25. The normalized spacial score (nSPS) is 10.2. The number of hydrazine groups is 1. The highest BCUT2D eigenvalue weighted by Gasteiger charge is 2.09. The number of ether oxygens (including phenoxy) is 1. The van der Waals surface area contributed by atoms with Crippen molar-refractivity contribution in [2.75, 3.05) is 12.5 Å². The van der Waals surface area contributed by atoms with Gasteiger partial charge in [-0.15, -0.1) is 0 Å². The number of rotatable bonds is 3. The van der Waals surface area contributed by atoms with E-state index in [2.05, 4.69) is 25.4 Å². The third kappa shape index (κ3) is 1.77. The molecule has 0 bridgehead atoms. The van der Waals surface area contributed by atoms with Crippen LogP contribution in [0.1, 0.15) is 5.82 Å². The van der Waals surface area contributed by atoms with E-state index in [0.29, 0.717) is 5.95 Å². The van der Waals surface area contributed by atoms with Crippen molar-refractivity contribution in [2.45, 2.75) is 6.92 Å². The summed E-state index contributed by atoms with van der Waals surface area (Å²) in [5.74, 6) is 6.64. The lowest BCUT2D eigenvalue weighted by atomic mass is 10.7. The first-order valence-corrected chi connectivity index (χ1v) is 4.51. The summed E-state index contributed by atoms with van der Waals surface area (Å²) in [6.45, 7) is 1.84. The molecule has 0 aliphatic rings. The second-order valence-corrected chi connectivity index (χ2v) is 2.93. The second-order valence-electron chi connectivity index (χ2n) is 2.93. The summed E-state index contributed by atoms with van der Waals surface area (Å²) in [4.78, 5) is 16.1. The standard InChI is InChI=1S/C8H11N7O/c1-5-10-3-4-15(5)7-11-6(14-9)12-8(13-7)16-2/h3-4H,9H2,1-2H3,(H,11,12,13,14). The predicted octanol–water partition coefficient (Wildman–Crippen LogP) is -0.340. The van der Waals surface area contributed by atoms with E-state index in [1.54, 1.807) is 17.0 Å².